The van der Waals surface area contributed by atoms with E-state index < -0.39 is 0 Å². The first kappa shape index (κ1) is 14.1. The maximum atomic E-state index is 13.9. The summed E-state index contributed by atoms with van der Waals surface area (Å²) in [6.45, 7) is 6.39. The fourth-order valence-corrected chi connectivity index (χ4v) is 2.69. The highest BCUT2D eigenvalue weighted by atomic mass is 35.5. The third-order valence-corrected chi connectivity index (χ3v) is 3.85. The van der Waals surface area contributed by atoms with Crippen LogP contribution < -0.4 is 0 Å². The Kier molecular flexibility index (Phi) is 3.45. The lowest BCUT2D eigenvalue weighted by atomic mass is 10.2. The molecule has 0 spiro atoms. The summed E-state index contributed by atoms with van der Waals surface area (Å²) in [4.78, 5) is 4.55. The SMILES string of the molecule is CCn1nc(C)c2nc(CCl)n(-c3ccc(C)c(F)c3)c21. The Labute approximate surface area is 127 Å². The molecule has 0 fully saturated rings. The van der Waals surface area contributed by atoms with Crippen LogP contribution in [0, 0.1) is 19.7 Å². The fourth-order valence-electron chi connectivity index (χ4n) is 2.52. The Morgan fingerprint density at radius 3 is 2.67 bits per heavy atom. The van der Waals surface area contributed by atoms with Gasteiger partial charge < -0.3 is 0 Å². The molecular weight excluding hydrogens is 291 g/mol. The summed E-state index contributed by atoms with van der Waals surface area (Å²) in [5, 5.41) is 4.47. The van der Waals surface area contributed by atoms with Crippen LogP contribution >= 0.6 is 11.6 Å². The molecule has 0 radical (unpaired) electrons. The molecule has 1 aromatic carbocycles. The molecule has 4 nitrogen and oxygen atoms in total. The van der Waals surface area contributed by atoms with Gasteiger partial charge in [-0.3, -0.25) is 4.57 Å². The second kappa shape index (κ2) is 5.15. The van der Waals surface area contributed by atoms with Crippen molar-refractivity contribution in [3.63, 3.8) is 0 Å². The van der Waals surface area contributed by atoms with Crippen molar-refractivity contribution in [2.24, 2.45) is 0 Å². The molecule has 0 amide bonds. The number of fused-ring (bicyclic) bond motifs is 1. The zero-order valence-corrected chi connectivity index (χ0v) is 12.9. The van der Waals surface area contributed by atoms with Gasteiger partial charge in [-0.05, 0) is 38.5 Å². The Bertz CT molecular complexity index is 819. The second-order valence-electron chi connectivity index (χ2n) is 5.00. The van der Waals surface area contributed by atoms with Gasteiger partial charge >= 0.3 is 0 Å². The molecule has 2 heterocycles. The maximum absolute atomic E-state index is 13.9. The van der Waals surface area contributed by atoms with Crippen LogP contribution in [0.5, 0.6) is 0 Å². The third-order valence-electron chi connectivity index (χ3n) is 3.61. The molecule has 0 unspecified atom stereocenters. The third kappa shape index (κ3) is 2.12. The zero-order chi connectivity index (χ0) is 15.1. The quantitative estimate of drug-likeness (QED) is 0.691. The predicted octanol–water partition coefficient (Wildman–Crippen LogP) is 3.74. The highest BCUT2D eigenvalue weighted by Gasteiger charge is 2.19. The molecule has 110 valence electrons. The minimum Gasteiger partial charge on any atom is -0.280 e. The number of aryl methyl sites for hydroxylation is 3. The average Bonchev–Trinajstić information content (AvgIpc) is 2.99. The van der Waals surface area contributed by atoms with Crippen LogP contribution in [-0.2, 0) is 12.4 Å². The Morgan fingerprint density at radius 1 is 1.29 bits per heavy atom. The van der Waals surface area contributed by atoms with Crippen molar-refractivity contribution in [2.45, 2.75) is 33.2 Å². The molecular formula is C15H16ClFN4. The van der Waals surface area contributed by atoms with Crippen molar-refractivity contribution in [1.82, 2.24) is 19.3 Å². The highest BCUT2D eigenvalue weighted by Crippen LogP contribution is 2.26. The number of nitrogens with zero attached hydrogens (tertiary/aromatic N) is 4. The normalized spacial score (nSPS) is 11.5. The number of hydrogen-bond donors (Lipinski definition) is 0. The van der Waals surface area contributed by atoms with Gasteiger partial charge in [-0.25, -0.2) is 14.1 Å². The van der Waals surface area contributed by atoms with Crippen LogP contribution in [0.4, 0.5) is 4.39 Å². The van der Waals surface area contributed by atoms with Gasteiger partial charge in [0.05, 0.1) is 17.3 Å². The summed E-state index contributed by atoms with van der Waals surface area (Å²) in [6, 6.07) is 5.14. The molecule has 2 aromatic heterocycles. The molecule has 3 rings (SSSR count). The summed E-state index contributed by atoms with van der Waals surface area (Å²) in [6.07, 6.45) is 0. The van der Waals surface area contributed by atoms with Crippen LogP contribution in [0.15, 0.2) is 18.2 Å². The lowest BCUT2D eigenvalue weighted by Gasteiger charge is -2.10. The number of halogens is 2. The van der Waals surface area contributed by atoms with E-state index in [0.29, 0.717) is 23.6 Å². The summed E-state index contributed by atoms with van der Waals surface area (Å²) in [7, 11) is 0. The van der Waals surface area contributed by atoms with Crippen LogP contribution in [-0.4, -0.2) is 19.3 Å². The first-order chi connectivity index (χ1) is 10.1. The van der Waals surface area contributed by atoms with Gasteiger partial charge in [-0.2, -0.15) is 5.10 Å². The first-order valence-corrected chi connectivity index (χ1v) is 7.37. The molecule has 0 saturated heterocycles. The Hall–Kier alpha value is -1.88. The van der Waals surface area contributed by atoms with E-state index in [9.17, 15) is 4.39 Å². The number of benzene rings is 1. The Balaban J connectivity index is 2.36. The number of rotatable bonds is 3. The van der Waals surface area contributed by atoms with Gasteiger partial charge in [0.2, 0.25) is 0 Å². The van der Waals surface area contributed by atoms with E-state index in [-0.39, 0.29) is 11.7 Å². The minimum absolute atomic E-state index is 0.242. The summed E-state index contributed by atoms with van der Waals surface area (Å²) >= 11 is 6.02. The fraction of sp³-hybridized carbons (Fsp3) is 0.333. The van der Waals surface area contributed by atoms with Crippen molar-refractivity contribution in [3.8, 4) is 5.69 Å². The Morgan fingerprint density at radius 2 is 2.05 bits per heavy atom. The predicted molar refractivity (Wildman–Crippen MR) is 81.5 cm³/mol. The van der Waals surface area contributed by atoms with Crippen molar-refractivity contribution >= 4 is 22.8 Å². The monoisotopic (exact) mass is 306 g/mol. The molecule has 6 heteroatoms. The molecule has 0 saturated carbocycles. The van der Waals surface area contributed by atoms with Crippen molar-refractivity contribution < 1.29 is 4.39 Å². The summed E-state index contributed by atoms with van der Waals surface area (Å²) < 4.78 is 17.7. The minimum atomic E-state index is -0.242. The van der Waals surface area contributed by atoms with Gasteiger partial charge in [0.15, 0.2) is 5.65 Å². The number of imidazole rings is 1. The van der Waals surface area contributed by atoms with Crippen LogP contribution in [0.1, 0.15) is 24.0 Å². The number of aromatic nitrogens is 4. The highest BCUT2D eigenvalue weighted by molar-refractivity contribution is 6.17. The second-order valence-corrected chi connectivity index (χ2v) is 5.27. The topological polar surface area (TPSA) is 35.6 Å². The van der Waals surface area contributed by atoms with E-state index in [2.05, 4.69) is 10.1 Å². The van der Waals surface area contributed by atoms with E-state index >= 15 is 0 Å². The van der Waals surface area contributed by atoms with Gasteiger partial charge in [0.1, 0.15) is 17.2 Å². The summed E-state index contributed by atoms with van der Waals surface area (Å²) in [5.74, 6) is 0.708. The van der Waals surface area contributed by atoms with Crippen LogP contribution in [0.25, 0.3) is 16.9 Å². The van der Waals surface area contributed by atoms with Gasteiger partial charge in [-0.1, -0.05) is 6.07 Å². The van der Waals surface area contributed by atoms with Gasteiger partial charge in [-0.15, -0.1) is 11.6 Å². The van der Waals surface area contributed by atoms with Crippen molar-refractivity contribution in [2.75, 3.05) is 0 Å². The smallest absolute Gasteiger partial charge is 0.163 e. The molecule has 0 aliphatic heterocycles. The molecule has 0 bridgehead atoms. The number of alkyl halides is 1. The molecule has 0 aliphatic carbocycles. The van der Waals surface area contributed by atoms with Crippen molar-refractivity contribution in [3.05, 3.63) is 41.1 Å². The van der Waals surface area contributed by atoms with Gasteiger partial charge in [0.25, 0.3) is 0 Å². The lowest BCUT2D eigenvalue weighted by Crippen LogP contribution is -2.06. The van der Waals surface area contributed by atoms with E-state index in [1.807, 2.05) is 29.2 Å². The van der Waals surface area contributed by atoms with E-state index in [1.165, 1.54) is 6.07 Å². The molecule has 3 aromatic rings. The van der Waals surface area contributed by atoms with E-state index in [1.54, 1.807) is 13.0 Å². The first-order valence-electron chi connectivity index (χ1n) is 6.84. The molecule has 0 aliphatic rings. The van der Waals surface area contributed by atoms with E-state index in [0.717, 1.165) is 16.9 Å². The zero-order valence-electron chi connectivity index (χ0n) is 12.2. The van der Waals surface area contributed by atoms with E-state index in [4.69, 9.17) is 11.6 Å². The van der Waals surface area contributed by atoms with Crippen molar-refractivity contribution in [1.29, 1.82) is 0 Å². The van der Waals surface area contributed by atoms with Gasteiger partial charge in [0, 0.05) is 6.54 Å². The maximum Gasteiger partial charge on any atom is 0.163 e. The molecule has 0 N–H and O–H groups in total. The molecule has 0 atom stereocenters. The number of hydrogen-bond acceptors (Lipinski definition) is 2. The standard InChI is InChI=1S/C15H16ClFN4/c1-4-20-15-14(10(3)19-20)18-13(8-16)21(15)11-6-5-9(2)12(17)7-11/h5-7H,4,8H2,1-3H3. The largest absolute Gasteiger partial charge is 0.280 e. The van der Waals surface area contributed by atoms with Crippen LogP contribution in [0.3, 0.4) is 0 Å². The van der Waals surface area contributed by atoms with Crippen LogP contribution in [0.2, 0.25) is 0 Å². The molecule has 21 heavy (non-hydrogen) atoms. The summed E-state index contributed by atoms with van der Waals surface area (Å²) in [5.41, 5.74) is 3.85. The lowest BCUT2D eigenvalue weighted by molar-refractivity contribution is 0.616. The average molecular weight is 307 g/mol.